The Balaban J connectivity index is 1.52. The van der Waals surface area contributed by atoms with Gasteiger partial charge in [0.25, 0.3) is 0 Å². The van der Waals surface area contributed by atoms with Gasteiger partial charge in [0.05, 0.1) is 21.9 Å². The van der Waals surface area contributed by atoms with Gasteiger partial charge in [0, 0.05) is 5.54 Å². The van der Waals surface area contributed by atoms with Crippen LogP contribution in [-0.2, 0) is 14.8 Å². The number of amides is 1. The second kappa shape index (κ2) is 6.43. The monoisotopic (exact) mass is 422 g/mol. The SMILES string of the molecule is CC1NNC(N2C(=O)C(CC3CC3)c3ccc(S(=O)(=O)NC4(C)CC4)cc32)S1. The highest BCUT2D eigenvalue weighted by Gasteiger charge is 2.46. The maximum Gasteiger partial charge on any atom is 0.241 e. The van der Waals surface area contributed by atoms with Crippen molar-refractivity contribution in [1.82, 2.24) is 15.6 Å². The molecule has 2 aliphatic carbocycles. The van der Waals surface area contributed by atoms with E-state index in [1.807, 2.05) is 19.9 Å². The Labute approximate surface area is 170 Å². The molecule has 0 bridgehead atoms. The molecule has 2 saturated carbocycles. The standard InChI is InChI=1S/C19H26N4O3S2/c1-11-20-21-18(27-11)23-16-10-13(28(25,26)22-19(2)7-8-19)5-6-14(16)15(17(23)24)9-12-3-4-12/h5-6,10-12,15,18,20-22H,3-4,7-9H2,1-2H3. The number of fused-ring (bicyclic) bond motifs is 1. The van der Waals surface area contributed by atoms with Gasteiger partial charge in [0.15, 0.2) is 0 Å². The fraction of sp³-hybridized carbons (Fsp3) is 0.632. The summed E-state index contributed by atoms with van der Waals surface area (Å²) >= 11 is 1.62. The van der Waals surface area contributed by atoms with Crippen LogP contribution in [0.15, 0.2) is 23.1 Å². The Hall–Kier alpha value is -1.13. The van der Waals surface area contributed by atoms with Gasteiger partial charge in [-0.1, -0.05) is 30.7 Å². The van der Waals surface area contributed by atoms with Crippen molar-refractivity contribution in [2.75, 3.05) is 4.90 Å². The van der Waals surface area contributed by atoms with Crippen LogP contribution in [0.1, 0.15) is 57.4 Å². The maximum absolute atomic E-state index is 13.3. The summed E-state index contributed by atoms with van der Waals surface area (Å²) in [5.41, 5.74) is 7.42. The van der Waals surface area contributed by atoms with Gasteiger partial charge in [-0.2, -0.15) is 0 Å². The molecule has 3 unspecified atom stereocenters. The number of hydrazine groups is 1. The highest BCUT2D eigenvalue weighted by Crippen LogP contribution is 2.48. The van der Waals surface area contributed by atoms with Gasteiger partial charge >= 0.3 is 0 Å². The summed E-state index contributed by atoms with van der Waals surface area (Å²) in [6, 6.07) is 5.18. The molecule has 3 N–H and O–H groups in total. The summed E-state index contributed by atoms with van der Waals surface area (Å²) in [7, 11) is -3.61. The minimum atomic E-state index is -3.61. The summed E-state index contributed by atoms with van der Waals surface area (Å²) in [5, 5.41) is 0.173. The number of nitrogens with one attached hydrogen (secondary N) is 3. The molecule has 2 aliphatic heterocycles. The Morgan fingerprint density at radius 2 is 2.04 bits per heavy atom. The molecule has 1 saturated heterocycles. The van der Waals surface area contributed by atoms with Crippen molar-refractivity contribution in [2.45, 2.75) is 73.2 Å². The number of hydrogen-bond donors (Lipinski definition) is 3. The van der Waals surface area contributed by atoms with E-state index in [1.165, 1.54) is 12.8 Å². The summed E-state index contributed by atoms with van der Waals surface area (Å²) in [4.78, 5) is 15.3. The van der Waals surface area contributed by atoms with Gasteiger partial charge in [-0.25, -0.2) is 24.0 Å². The highest BCUT2D eigenvalue weighted by atomic mass is 32.2. The van der Waals surface area contributed by atoms with E-state index < -0.39 is 10.0 Å². The van der Waals surface area contributed by atoms with Gasteiger partial charge in [-0.15, -0.1) is 0 Å². The molecule has 7 nitrogen and oxygen atoms in total. The lowest BCUT2D eigenvalue weighted by atomic mass is 9.95. The first-order valence-corrected chi connectivity index (χ1v) is 12.4. The molecule has 5 rings (SSSR count). The number of sulfonamides is 1. The molecule has 152 valence electrons. The van der Waals surface area contributed by atoms with E-state index in [0.29, 0.717) is 5.92 Å². The third-order valence-corrected chi connectivity index (χ3v) is 8.86. The first kappa shape index (κ1) is 18.9. The number of carbonyl (C=O) groups is 1. The number of rotatable bonds is 6. The lowest BCUT2D eigenvalue weighted by Crippen LogP contribution is -2.46. The average molecular weight is 423 g/mol. The molecule has 4 aliphatic rings. The lowest BCUT2D eigenvalue weighted by molar-refractivity contribution is -0.119. The number of hydrogen-bond acceptors (Lipinski definition) is 6. The predicted octanol–water partition coefficient (Wildman–Crippen LogP) is 2.22. The fourth-order valence-corrected chi connectivity index (χ4v) is 6.50. The molecular weight excluding hydrogens is 396 g/mol. The molecule has 28 heavy (non-hydrogen) atoms. The maximum atomic E-state index is 13.3. The molecule has 3 atom stereocenters. The lowest BCUT2D eigenvalue weighted by Gasteiger charge is -2.24. The topological polar surface area (TPSA) is 90.5 Å². The zero-order valence-electron chi connectivity index (χ0n) is 16.1. The van der Waals surface area contributed by atoms with E-state index in [1.54, 1.807) is 28.8 Å². The first-order valence-electron chi connectivity index (χ1n) is 9.93. The Morgan fingerprint density at radius 3 is 2.64 bits per heavy atom. The van der Waals surface area contributed by atoms with Crippen LogP contribution in [0.5, 0.6) is 0 Å². The Morgan fingerprint density at radius 1 is 1.29 bits per heavy atom. The summed E-state index contributed by atoms with van der Waals surface area (Å²) in [5.74, 6) is 0.508. The van der Waals surface area contributed by atoms with Gasteiger partial charge in [0.1, 0.15) is 5.50 Å². The van der Waals surface area contributed by atoms with E-state index in [-0.39, 0.29) is 33.1 Å². The van der Waals surface area contributed by atoms with E-state index in [4.69, 9.17) is 0 Å². The number of nitrogens with zero attached hydrogens (tertiary/aromatic N) is 1. The van der Waals surface area contributed by atoms with E-state index >= 15 is 0 Å². The molecule has 3 fully saturated rings. The minimum Gasteiger partial charge on any atom is -0.285 e. The second-order valence-corrected chi connectivity index (χ2v) is 11.9. The van der Waals surface area contributed by atoms with Crippen molar-refractivity contribution in [3.8, 4) is 0 Å². The van der Waals surface area contributed by atoms with Crippen molar-refractivity contribution in [2.24, 2.45) is 5.92 Å². The van der Waals surface area contributed by atoms with Crippen LogP contribution in [0.2, 0.25) is 0 Å². The van der Waals surface area contributed by atoms with Gasteiger partial charge < -0.3 is 0 Å². The number of anilines is 1. The van der Waals surface area contributed by atoms with Crippen molar-refractivity contribution in [3.63, 3.8) is 0 Å². The summed E-state index contributed by atoms with van der Waals surface area (Å²) < 4.78 is 28.5. The van der Waals surface area contributed by atoms with Crippen molar-refractivity contribution in [3.05, 3.63) is 23.8 Å². The van der Waals surface area contributed by atoms with Crippen LogP contribution in [0, 0.1) is 5.92 Å². The van der Waals surface area contributed by atoms with Gasteiger partial charge in [-0.05, 0) is 56.7 Å². The summed E-state index contributed by atoms with van der Waals surface area (Å²) in [6.45, 7) is 3.95. The molecule has 1 aromatic carbocycles. The third-order valence-electron chi connectivity index (χ3n) is 6.11. The zero-order chi connectivity index (χ0) is 19.7. The molecule has 1 amide bonds. The van der Waals surface area contributed by atoms with Crippen LogP contribution in [-0.4, -0.2) is 30.7 Å². The number of thioether (sulfide) groups is 1. The zero-order valence-corrected chi connectivity index (χ0v) is 17.7. The van der Waals surface area contributed by atoms with Crippen LogP contribution in [0.25, 0.3) is 0 Å². The molecule has 9 heteroatoms. The van der Waals surface area contributed by atoms with Crippen LogP contribution in [0.3, 0.4) is 0 Å². The smallest absolute Gasteiger partial charge is 0.241 e. The predicted molar refractivity (Wildman–Crippen MR) is 109 cm³/mol. The summed E-state index contributed by atoms with van der Waals surface area (Å²) in [6.07, 6.45) is 4.94. The van der Waals surface area contributed by atoms with Crippen LogP contribution < -0.4 is 20.5 Å². The van der Waals surface area contributed by atoms with Crippen molar-refractivity contribution in [1.29, 1.82) is 0 Å². The molecule has 0 aromatic heterocycles. The third kappa shape index (κ3) is 3.37. The number of benzene rings is 1. The van der Waals surface area contributed by atoms with Crippen LogP contribution >= 0.6 is 11.8 Å². The first-order chi connectivity index (χ1) is 13.3. The van der Waals surface area contributed by atoms with Gasteiger partial charge in [0.2, 0.25) is 15.9 Å². The van der Waals surface area contributed by atoms with Crippen molar-refractivity contribution >= 4 is 33.4 Å². The molecule has 0 spiro atoms. The molecular formula is C19H26N4O3S2. The minimum absolute atomic E-state index is 0.0689. The van der Waals surface area contributed by atoms with Gasteiger partial charge in [-0.3, -0.25) is 9.69 Å². The van der Waals surface area contributed by atoms with Crippen molar-refractivity contribution < 1.29 is 13.2 Å². The van der Waals surface area contributed by atoms with E-state index in [2.05, 4.69) is 15.6 Å². The van der Waals surface area contributed by atoms with E-state index in [9.17, 15) is 13.2 Å². The Kier molecular flexibility index (Phi) is 4.34. The average Bonchev–Trinajstić information content (AvgIpc) is 3.52. The molecule has 2 heterocycles. The van der Waals surface area contributed by atoms with E-state index in [0.717, 1.165) is 30.5 Å². The highest BCUT2D eigenvalue weighted by molar-refractivity contribution is 8.00. The normalized spacial score (nSPS) is 31.3. The molecule has 0 radical (unpaired) electrons. The quantitative estimate of drug-likeness (QED) is 0.651. The van der Waals surface area contributed by atoms with Crippen LogP contribution in [0.4, 0.5) is 5.69 Å². The largest absolute Gasteiger partial charge is 0.285 e. The fourth-order valence-electron chi connectivity index (χ4n) is 4.02. The number of carbonyl (C=O) groups excluding carboxylic acids is 1. The second-order valence-electron chi connectivity index (χ2n) is 8.75. The molecule has 1 aromatic rings. The Bertz CT molecular complexity index is 927.